The van der Waals surface area contributed by atoms with Gasteiger partial charge >= 0.3 is 0 Å². The Balaban J connectivity index is 2.43. The molecule has 0 saturated carbocycles. The van der Waals surface area contributed by atoms with Crippen LogP contribution in [0.25, 0.3) is 0 Å². The summed E-state index contributed by atoms with van der Waals surface area (Å²) in [5, 5.41) is 11.8. The van der Waals surface area contributed by atoms with Gasteiger partial charge in [0.05, 0.1) is 18.7 Å². The zero-order valence-corrected chi connectivity index (χ0v) is 10.2. The molecule has 98 valence electrons. The number of nitriles is 1. The summed E-state index contributed by atoms with van der Waals surface area (Å²) in [6.07, 6.45) is 1.30. The van der Waals surface area contributed by atoms with E-state index in [1.54, 1.807) is 0 Å². The summed E-state index contributed by atoms with van der Waals surface area (Å²) in [7, 11) is 0. The van der Waals surface area contributed by atoms with E-state index in [9.17, 15) is 8.78 Å². The first-order chi connectivity index (χ1) is 8.69. The van der Waals surface area contributed by atoms with Crippen LogP contribution in [0.5, 0.6) is 5.75 Å². The Morgan fingerprint density at radius 2 is 2.06 bits per heavy atom. The lowest BCUT2D eigenvalue weighted by Gasteiger charge is -2.12. The van der Waals surface area contributed by atoms with Crippen LogP contribution < -0.4 is 10.1 Å². The van der Waals surface area contributed by atoms with Gasteiger partial charge < -0.3 is 10.1 Å². The van der Waals surface area contributed by atoms with Crippen LogP contribution in [0, 0.1) is 23.0 Å². The van der Waals surface area contributed by atoms with Crippen molar-refractivity contribution in [3.8, 4) is 11.8 Å². The van der Waals surface area contributed by atoms with Crippen molar-refractivity contribution in [2.45, 2.75) is 25.8 Å². The first kappa shape index (κ1) is 14.4. The fourth-order valence-electron chi connectivity index (χ4n) is 1.43. The molecular weight excluding hydrogens is 238 g/mol. The molecule has 0 bridgehead atoms. The lowest BCUT2D eigenvalue weighted by atomic mass is 10.2. The van der Waals surface area contributed by atoms with Gasteiger partial charge in [0.25, 0.3) is 0 Å². The van der Waals surface area contributed by atoms with E-state index in [2.05, 4.69) is 11.4 Å². The monoisotopic (exact) mass is 254 g/mol. The van der Waals surface area contributed by atoms with Crippen molar-refractivity contribution in [3.63, 3.8) is 0 Å². The fraction of sp³-hybridized carbons (Fsp3) is 0.462. The first-order valence-electron chi connectivity index (χ1n) is 5.88. The highest BCUT2D eigenvalue weighted by molar-refractivity contribution is 5.25. The molecule has 0 spiro atoms. The number of benzene rings is 1. The minimum Gasteiger partial charge on any atom is -0.488 e. The number of nitrogens with one attached hydrogen (secondary N) is 1. The largest absolute Gasteiger partial charge is 0.488 e. The average Bonchev–Trinajstić information content (AvgIpc) is 2.36. The van der Waals surface area contributed by atoms with Gasteiger partial charge in [0.15, 0.2) is 17.4 Å². The SMILES string of the molecule is CCCNC(C#N)CCOc1c(F)cccc1F. The van der Waals surface area contributed by atoms with E-state index < -0.39 is 11.6 Å². The van der Waals surface area contributed by atoms with Crippen molar-refractivity contribution in [2.75, 3.05) is 13.2 Å². The topological polar surface area (TPSA) is 45.0 Å². The van der Waals surface area contributed by atoms with Crippen molar-refractivity contribution >= 4 is 0 Å². The van der Waals surface area contributed by atoms with E-state index in [1.165, 1.54) is 6.07 Å². The van der Waals surface area contributed by atoms with Crippen LogP contribution in [0.15, 0.2) is 18.2 Å². The van der Waals surface area contributed by atoms with Gasteiger partial charge in [0.2, 0.25) is 0 Å². The molecule has 0 aliphatic carbocycles. The van der Waals surface area contributed by atoms with Crippen molar-refractivity contribution in [1.29, 1.82) is 5.26 Å². The minimum atomic E-state index is -0.731. The van der Waals surface area contributed by atoms with E-state index >= 15 is 0 Å². The molecule has 1 atom stereocenters. The molecule has 0 aliphatic heterocycles. The summed E-state index contributed by atoms with van der Waals surface area (Å²) in [4.78, 5) is 0. The Hall–Kier alpha value is -1.67. The van der Waals surface area contributed by atoms with Crippen LogP contribution in [0.1, 0.15) is 19.8 Å². The van der Waals surface area contributed by atoms with Crippen LogP contribution in [0.3, 0.4) is 0 Å². The maximum absolute atomic E-state index is 13.2. The number of nitrogens with zero attached hydrogens (tertiary/aromatic N) is 1. The second-order valence-electron chi connectivity index (χ2n) is 3.82. The van der Waals surface area contributed by atoms with Crippen molar-refractivity contribution in [2.24, 2.45) is 0 Å². The highest BCUT2D eigenvalue weighted by Gasteiger charge is 2.11. The third-order valence-corrected chi connectivity index (χ3v) is 2.37. The van der Waals surface area contributed by atoms with E-state index in [-0.39, 0.29) is 18.4 Å². The molecule has 18 heavy (non-hydrogen) atoms. The second-order valence-corrected chi connectivity index (χ2v) is 3.82. The molecule has 0 fully saturated rings. The molecule has 0 saturated heterocycles. The standard InChI is InChI=1S/C13H16F2N2O/c1-2-7-17-10(9-16)6-8-18-13-11(14)4-3-5-12(13)15/h3-5,10,17H,2,6-8H2,1H3. The fourth-order valence-corrected chi connectivity index (χ4v) is 1.43. The third kappa shape index (κ3) is 4.30. The maximum Gasteiger partial charge on any atom is 0.190 e. The second kappa shape index (κ2) is 7.62. The summed E-state index contributed by atoms with van der Waals surface area (Å²) < 4.78 is 31.5. The quantitative estimate of drug-likeness (QED) is 0.813. The van der Waals surface area contributed by atoms with Crippen LogP contribution in [-0.4, -0.2) is 19.2 Å². The Morgan fingerprint density at radius 3 is 2.61 bits per heavy atom. The van der Waals surface area contributed by atoms with Crippen LogP contribution in [0.2, 0.25) is 0 Å². The normalized spacial score (nSPS) is 11.9. The molecule has 1 aromatic carbocycles. The number of rotatable bonds is 7. The average molecular weight is 254 g/mol. The Bertz CT molecular complexity index is 398. The van der Waals surface area contributed by atoms with Crippen LogP contribution in [-0.2, 0) is 0 Å². The molecule has 0 amide bonds. The molecule has 0 aliphatic rings. The van der Waals surface area contributed by atoms with Gasteiger partial charge in [-0.15, -0.1) is 0 Å². The molecule has 0 aromatic heterocycles. The van der Waals surface area contributed by atoms with Crippen molar-refractivity contribution in [3.05, 3.63) is 29.8 Å². The number of halogens is 2. The van der Waals surface area contributed by atoms with Gasteiger partial charge in [0, 0.05) is 6.42 Å². The highest BCUT2D eigenvalue weighted by atomic mass is 19.1. The van der Waals surface area contributed by atoms with Gasteiger partial charge in [-0.25, -0.2) is 8.78 Å². The summed E-state index contributed by atoms with van der Waals surface area (Å²) in [5.74, 6) is -1.85. The molecule has 1 aromatic rings. The molecule has 1 N–H and O–H groups in total. The Morgan fingerprint density at radius 1 is 1.39 bits per heavy atom. The Kier molecular flexibility index (Phi) is 6.09. The Labute approximate surface area is 105 Å². The third-order valence-electron chi connectivity index (χ3n) is 2.37. The minimum absolute atomic E-state index is 0.0901. The number of hydrogen-bond donors (Lipinski definition) is 1. The number of ether oxygens (including phenoxy) is 1. The summed E-state index contributed by atoms with van der Waals surface area (Å²) in [6.45, 7) is 2.81. The van der Waals surface area contributed by atoms with E-state index in [0.29, 0.717) is 6.42 Å². The van der Waals surface area contributed by atoms with E-state index in [1.807, 2.05) is 6.92 Å². The van der Waals surface area contributed by atoms with Crippen molar-refractivity contribution in [1.82, 2.24) is 5.32 Å². The van der Waals surface area contributed by atoms with Gasteiger partial charge in [-0.05, 0) is 25.1 Å². The first-order valence-corrected chi connectivity index (χ1v) is 5.88. The molecular formula is C13H16F2N2O. The van der Waals surface area contributed by atoms with Gasteiger partial charge in [0.1, 0.15) is 0 Å². The zero-order valence-electron chi connectivity index (χ0n) is 10.2. The van der Waals surface area contributed by atoms with E-state index in [4.69, 9.17) is 10.00 Å². The molecule has 1 rings (SSSR count). The number of para-hydroxylation sites is 1. The molecule has 1 unspecified atom stereocenters. The predicted molar refractivity (Wildman–Crippen MR) is 64.2 cm³/mol. The maximum atomic E-state index is 13.2. The summed E-state index contributed by atoms with van der Waals surface area (Å²) >= 11 is 0. The van der Waals surface area contributed by atoms with Gasteiger partial charge in [-0.1, -0.05) is 13.0 Å². The summed E-state index contributed by atoms with van der Waals surface area (Å²) in [5.41, 5.74) is 0. The highest BCUT2D eigenvalue weighted by Crippen LogP contribution is 2.20. The number of hydrogen-bond acceptors (Lipinski definition) is 3. The molecule has 3 nitrogen and oxygen atoms in total. The molecule has 0 heterocycles. The summed E-state index contributed by atoms with van der Waals surface area (Å²) in [6, 6.07) is 5.26. The molecule has 0 radical (unpaired) electrons. The van der Waals surface area contributed by atoms with Gasteiger partial charge in [-0.3, -0.25) is 0 Å². The van der Waals surface area contributed by atoms with Crippen LogP contribution in [0.4, 0.5) is 8.78 Å². The van der Waals surface area contributed by atoms with Crippen LogP contribution >= 0.6 is 0 Å². The molecule has 5 heteroatoms. The van der Waals surface area contributed by atoms with Crippen molar-refractivity contribution < 1.29 is 13.5 Å². The lowest BCUT2D eigenvalue weighted by Crippen LogP contribution is -2.29. The zero-order chi connectivity index (χ0) is 13.4. The smallest absolute Gasteiger partial charge is 0.190 e. The van der Waals surface area contributed by atoms with Gasteiger partial charge in [-0.2, -0.15) is 5.26 Å². The predicted octanol–water partition coefficient (Wildman–Crippen LogP) is 2.63. The lowest BCUT2D eigenvalue weighted by molar-refractivity contribution is 0.270. The van der Waals surface area contributed by atoms with E-state index in [0.717, 1.165) is 25.1 Å².